The molecule has 1 fully saturated rings. The van der Waals surface area contributed by atoms with Gasteiger partial charge in [0.05, 0.1) is 11.6 Å². The van der Waals surface area contributed by atoms with Crippen molar-refractivity contribution in [3.05, 3.63) is 30.1 Å². The summed E-state index contributed by atoms with van der Waals surface area (Å²) < 4.78 is 12.8. The number of nitrogens with zero attached hydrogens (tertiary/aromatic N) is 1. The molecule has 2 N–H and O–H groups in total. The molecule has 1 aliphatic rings. The summed E-state index contributed by atoms with van der Waals surface area (Å²) in [4.78, 5) is 25.6. The molecule has 2 amide bonds. The smallest absolute Gasteiger partial charge is 0.243 e. The van der Waals surface area contributed by atoms with E-state index in [9.17, 15) is 14.0 Å². The first-order valence-corrected chi connectivity index (χ1v) is 7.05. The molecule has 0 aromatic heterocycles. The number of amides is 2. The first kappa shape index (κ1) is 15.3. The van der Waals surface area contributed by atoms with Crippen molar-refractivity contribution in [2.75, 3.05) is 18.5 Å². The van der Waals surface area contributed by atoms with Crippen LogP contribution in [0.1, 0.15) is 20.3 Å². The molecule has 0 unspecified atom stereocenters. The Bertz CT molecular complexity index is 516. The third-order valence-electron chi connectivity index (χ3n) is 3.35. The number of benzene rings is 1. The van der Waals surface area contributed by atoms with Crippen LogP contribution in [-0.2, 0) is 9.59 Å². The fraction of sp³-hybridized carbons (Fsp3) is 0.467. The second-order valence-electron chi connectivity index (χ2n) is 5.71. The van der Waals surface area contributed by atoms with Crippen molar-refractivity contribution in [2.45, 2.75) is 20.3 Å². The maximum atomic E-state index is 12.8. The van der Waals surface area contributed by atoms with Crippen LogP contribution in [0.3, 0.4) is 0 Å². The van der Waals surface area contributed by atoms with E-state index in [4.69, 9.17) is 0 Å². The average Bonchev–Trinajstić information content (AvgIpc) is 2.78. The Morgan fingerprint density at radius 3 is 2.67 bits per heavy atom. The van der Waals surface area contributed by atoms with Gasteiger partial charge in [-0.15, -0.1) is 0 Å². The van der Waals surface area contributed by atoms with Gasteiger partial charge in [-0.1, -0.05) is 13.8 Å². The molecule has 1 aliphatic heterocycles. The van der Waals surface area contributed by atoms with Gasteiger partial charge in [0.15, 0.2) is 0 Å². The van der Waals surface area contributed by atoms with Gasteiger partial charge in [0.2, 0.25) is 11.8 Å². The zero-order chi connectivity index (χ0) is 15.4. The molecule has 0 saturated carbocycles. The Kier molecular flexibility index (Phi) is 4.77. The van der Waals surface area contributed by atoms with Crippen molar-refractivity contribution < 1.29 is 14.0 Å². The minimum Gasteiger partial charge on any atom is -0.342 e. The van der Waals surface area contributed by atoms with Gasteiger partial charge < -0.3 is 4.90 Å². The lowest BCUT2D eigenvalue weighted by Gasteiger charge is -2.18. The highest BCUT2D eigenvalue weighted by atomic mass is 19.1. The molecule has 1 aromatic carbocycles. The normalized spacial score (nSPS) is 18.2. The predicted octanol–water partition coefficient (Wildman–Crippen LogP) is 1.77. The van der Waals surface area contributed by atoms with Gasteiger partial charge in [0.25, 0.3) is 0 Å². The van der Waals surface area contributed by atoms with Crippen LogP contribution in [0, 0.1) is 17.7 Å². The fourth-order valence-corrected chi connectivity index (χ4v) is 2.33. The van der Waals surface area contributed by atoms with Crippen LogP contribution in [0.4, 0.5) is 10.1 Å². The first-order chi connectivity index (χ1) is 9.95. The quantitative estimate of drug-likeness (QED) is 0.813. The van der Waals surface area contributed by atoms with Crippen LogP contribution in [-0.4, -0.2) is 29.8 Å². The van der Waals surface area contributed by atoms with Gasteiger partial charge in [0.1, 0.15) is 5.82 Å². The van der Waals surface area contributed by atoms with Gasteiger partial charge in [-0.2, -0.15) is 0 Å². The molecule has 5 nitrogen and oxygen atoms in total. The number of halogens is 1. The third kappa shape index (κ3) is 4.18. The molecule has 0 spiro atoms. The topological polar surface area (TPSA) is 61.4 Å². The Hall–Kier alpha value is -2.11. The Balaban J connectivity index is 1.84. The minimum atomic E-state index is -0.343. The summed E-state index contributed by atoms with van der Waals surface area (Å²) in [6, 6.07) is 5.66. The highest BCUT2D eigenvalue weighted by Crippen LogP contribution is 2.19. The van der Waals surface area contributed by atoms with Crippen LogP contribution in [0.5, 0.6) is 0 Å². The van der Waals surface area contributed by atoms with E-state index < -0.39 is 0 Å². The third-order valence-corrected chi connectivity index (χ3v) is 3.35. The van der Waals surface area contributed by atoms with E-state index in [0.29, 0.717) is 24.7 Å². The molecule has 1 aromatic rings. The highest BCUT2D eigenvalue weighted by molar-refractivity contribution is 5.89. The maximum Gasteiger partial charge on any atom is 0.243 e. The molecule has 2 rings (SSSR count). The molecule has 6 heteroatoms. The molecule has 0 bridgehead atoms. The summed E-state index contributed by atoms with van der Waals surface area (Å²) in [5, 5.41) is 0. The number of hydrazine groups is 1. The Morgan fingerprint density at radius 1 is 1.38 bits per heavy atom. The number of anilines is 1. The summed E-state index contributed by atoms with van der Waals surface area (Å²) in [5.74, 6) is -0.501. The Labute approximate surface area is 123 Å². The van der Waals surface area contributed by atoms with E-state index >= 15 is 0 Å². The number of carbonyl (C=O) groups excluding carboxylic acids is 2. The summed E-state index contributed by atoms with van der Waals surface area (Å²) in [6.07, 6.45) is 0.240. The maximum absolute atomic E-state index is 12.8. The van der Waals surface area contributed by atoms with E-state index in [0.717, 1.165) is 0 Å². The number of rotatable bonds is 5. The molecule has 0 aliphatic carbocycles. The standard InChI is InChI=1S/C15H20FN3O2/c1-10(2)8-19-9-11(7-14(19)20)15(21)18-17-13-5-3-12(16)4-6-13/h3-6,10-11,17H,7-9H2,1-2H3,(H,18,21)/t11-/m0/s1. The van der Waals surface area contributed by atoms with E-state index in [1.54, 1.807) is 4.90 Å². The van der Waals surface area contributed by atoms with Gasteiger partial charge in [-0.05, 0) is 30.2 Å². The lowest BCUT2D eigenvalue weighted by Crippen LogP contribution is -2.37. The lowest BCUT2D eigenvalue weighted by molar-refractivity contribution is -0.129. The number of hydrogen-bond donors (Lipinski definition) is 2. The van der Waals surface area contributed by atoms with Crippen molar-refractivity contribution in [3.8, 4) is 0 Å². The zero-order valence-electron chi connectivity index (χ0n) is 12.2. The summed E-state index contributed by atoms with van der Waals surface area (Å²) in [7, 11) is 0. The average molecular weight is 293 g/mol. The molecule has 0 radical (unpaired) electrons. The molecule has 1 heterocycles. The second-order valence-corrected chi connectivity index (χ2v) is 5.71. The van der Waals surface area contributed by atoms with E-state index in [2.05, 4.69) is 10.9 Å². The Morgan fingerprint density at radius 2 is 2.05 bits per heavy atom. The van der Waals surface area contributed by atoms with Gasteiger partial charge >= 0.3 is 0 Å². The molecular formula is C15H20FN3O2. The van der Waals surface area contributed by atoms with Crippen molar-refractivity contribution in [1.29, 1.82) is 0 Å². The summed E-state index contributed by atoms with van der Waals surface area (Å²) in [5.41, 5.74) is 5.88. The number of hydrogen-bond acceptors (Lipinski definition) is 3. The highest BCUT2D eigenvalue weighted by Gasteiger charge is 2.34. The largest absolute Gasteiger partial charge is 0.342 e. The number of carbonyl (C=O) groups is 2. The summed E-state index contributed by atoms with van der Waals surface area (Å²) >= 11 is 0. The van der Waals surface area contributed by atoms with Crippen molar-refractivity contribution in [2.24, 2.45) is 11.8 Å². The van der Waals surface area contributed by atoms with Crippen LogP contribution in [0.25, 0.3) is 0 Å². The van der Waals surface area contributed by atoms with Gasteiger partial charge in [-0.25, -0.2) is 4.39 Å². The van der Waals surface area contributed by atoms with E-state index in [-0.39, 0.29) is 30.0 Å². The van der Waals surface area contributed by atoms with Crippen molar-refractivity contribution in [3.63, 3.8) is 0 Å². The zero-order valence-corrected chi connectivity index (χ0v) is 12.2. The molecular weight excluding hydrogens is 273 g/mol. The number of nitrogens with one attached hydrogen (secondary N) is 2. The fourth-order valence-electron chi connectivity index (χ4n) is 2.33. The van der Waals surface area contributed by atoms with Crippen molar-refractivity contribution in [1.82, 2.24) is 10.3 Å². The van der Waals surface area contributed by atoms with Gasteiger partial charge in [0, 0.05) is 19.5 Å². The van der Waals surface area contributed by atoms with E-state index in [1.165, 1.54) is 24.3 Å². The van der Waals surface area contributed by atoms with E-state index in [1.807, 2.05) is 13.8 Å². The predicted molar refractivity (Wildman–Crippen MR) is 77.7 cm³/mol. The van der Waals surface area contributed by atoms with Crippen LogP contribution < -0.4 is 10.9 Å². The molecule has 1 saturated heterocycles. The number of likely N-dealkylation sites (tertiary alicyclic amines) is 1. The molecule has 1 atom stereocenters. The van der Waals surface area contributed by atoms with Gasteiger partial charge in [-0.3, -0.25) is 20.4 Å². The first-order valence-electron chi connectivity index (χ1n) is 7.05. The lowest BCUT2D eigenvalue weighted by atomic mass is 10.1. The second kappa shape index (κ2) is 6.56. The van der Waals surface area contributed by atoms with Crippen LogP contribution in [0.15, 0.2) is 24.3 Å². The molecule has 21 heavy (non-hydrogen) atoms. The molecule has 114 valence electrons. The monoisotopic (exact) mass is 293 g/mol. The SMILES string of the molecule is CC(C)CN1C[C@@H](C(=O)NNc2ccc(F)cc2)CC1=O. The minimum absolute atomic E-state index is 0.0191. The summed E-state index contributed by atoms with van der Waals surface area (Å²) in [6.45, 7) is 5.20. The van der Waals surface area contributed by atoms with Crippen LogP contribution >= 0.6 is 0 Å². The van der Waals surface area contributed by atoms with Crippen molar-refractivity contribution >= 4 is 17.5 Å². The van der Waals surface area contributed by atoms with Crippen LogP contribution in [0.2, 0.25) is 0 Å².